The van der Waals surface area contributed by atoms with Crippen LogP contribution in [0.5, 0.6) is 0 Å². The fourth-order valence-electron chi connectivity index (χ4n) is 3.41. The number of aliphatic carboxylic acids is 1. The van der Waals surface area contributed by atoms with Gasteiger partial charge >= 0.3 is 5.97 Å². The van der Waals surface area contributed by atoms with Gasteiger partial charge in [0.15, 0.2) is 0 Å². The number of fused-ring (bicyclic) bond motifs is 1. The number of carboxylic acid groups (broad SMARTS) is 1. The average molecular weight is 438 g/mol. The first-order valence-corrected chi connectivity index (χ1v) is 10.2. The SMILES string of the molecule is N[C@@H](CO)C(=O)N[C@@H](Cc1ccccc1)C(=O)N[C@@H](Cc1c[nH]c2ccccc12)C(=O)O. The summed E-state index contributed by atoms with van der Waals surface area (Å²) in [6.07, 6.45) is 1.92. The van der Waals surface area contributed by atoms with E-state index in [0.29, 0.717) is 0 Å². The Kier molecular flexibility index (Phi) is 7.58. The zero-order valence-electron chi connectivity index (χ0n) is 17.3. The van der Waals surface area contributed by atoms with Crippen LogP contribution in [-0.4, -0.2) is 57.7 Å². The summed E-state index contributed by atoms with van der Waals surface area (Å²) in [5, 5.41) is 24.8. The molecule has 0 unspecified atom stereocenters. The van der Waals surface area contributed by atoms with Crippen molar-refractivity contribution in [3.8, 4) is 0 Å². The summed E-state index contributed by atoms with van der Waals surface area (Å²) in [5.41, 5.74) is 7.95. The van der Waals surface area contributed by atoms with E-state index < -0.39 is 42.5 Å². The number of H-pyrrole nitrogens is 1. The van der Waals surface area contributed by atoms with Crippen molar-refractivity contribution in [3.63, 3.8) is 0 Å². The number of carbonyl (C=O) groups is 3. The molecule has 9 nitrogen and oxygen atoms in total. The summed E-state index contributed by atoms with van der Waals surface area (Å²) in [7, 11) is 0. The molecule has 0 saturated carbocycles. The van der Waals surface area contributed by atoms with Crippen molar-refractivity contribution in [1.29, 1.82) is 0 Å². The van der Waals surface area contributed by atoms with Crippen LogP contribution in [0.4, 0.5) is 0 Å². The van der Waals surface area contributed by atoms with Gasteiger partial charge in [0.25, 0.3) is 0 Å². The predicted octanol–water partition coefficient (Wildman–Crippen LogP) is 0.327. The summed E-state index contributed by atoms with van der Waals surface area (Å²) in [4.78, 5) is 40.2. The molecule has 3 aromatic rings. The highest BCUT2D eigenvalue weighted by molar-refractivity contribution is 5.92. The highest BCUT2D eigenvalue weighted by atomic mass is 16.4. The molecule has 0 aliphatic rings. The minimum Gasteiger partial charge on any atom is -0.480 e. The maximum absolute atomic E-state index is 13.0. The van der Waals surface area contributed by atoms with Crippen molar-refractivity contribution in [2.75, 3.05) is 6.61 Å². The van der Waals surface area contributed by atoms with Gasteiger partial charge in [-0.15, -0.1) is 0 Å². The van der Waals surface area contributed by atoms with Gasteiger partial charge in [0.05, 0.1) is 6.61 Å². The van der Waals surface area contributed by atoms with E-state index in [-0.39, 0.29) is 12.8 Å². The molecular weight excluding hydrogens is 412 g/mol. The molecule has 168 valence electrons. The molecule has 9 heteroatoms. The molecule has 0 spiro atoms. The normalized spacial score (nSPS) is 13.8. The first-order chi connectivity index (χ1) is 15.4. The van der Waals surface area contributed by atoms with Gasteiger partial charge in [-0.3, -0.25) is 9.59 Å². The van der Waals surface area contributed by atoms with Gasteiger partial charge in [-0.1, -0.05) is 48.5 Å². The number of nitrogens with one attached hydrogen (secondary N) is 3. The molecule has 0 aliphatic carbocycles. The van der Waals surface area contributed by atoms with Gasteiger partial charge in [0.1, 0.15) is 18.1 Å². The van der Waals surface area contributed by atoms with Crippen molar-refractivity contribution in [2.45, 2.75) is 31.0 Å². The van der Waals surface area contributed by atoms with Crippen molar-refractivity contribution in [1.82, 2.24) is 15.6 Å². The van der Waals surface area contributed by atoms with Crippen LogP contribution in [-0.2, 0) is 27.2 Å². The number of aromatic nitrogens is 1. The summed E-state index contributed by atoms with van der Waals surface area (Å²) in [6.45, 7) is -0.580. The van der Waals surface area contributed by atoms with E-state index in [2.05, 4.69) is 15.6 Å². The molecule has 32 heavy (non-hydrogen) atoms. The third-order valence-electron chi connectivity index (χ3n) is 5.16. The summed E-state index contributed by atoms with van der Waals surface area (Å²) in [5.74, 6) is -2.55. The molecule has 0 radical (unpaired) electrons. The van der Waals surface area contributed by atoms with Crippen LogP contribution in [0.1, 0.15) is 11.1 Å². The Hall–Kier alpha value is -3.69. The first-order valence-electron chi connectivity index (χ1n) is 10.2. The van der Waals surface area contributed by atoms with Gasteiger partial charge < -0.3 is 31.6 Å². The summed E-state index contributed by atoms with van der Waals surface area (Å²) >= 11 is 0. The summed E-state index contributed by atoms with van der Waals surface area (Å²) in [6, 6.07) is 13.0. The number of carboxylic acids is 1. The number of benzene rings is 2. The van der Waals surface area contributed by atoms with Crippen LogP contribution in [0, 0.1) is 0 Å². The first kappa shape index (κ1) is 23.0. The van der Waals surface area contributed by atoms with E-state index in [4.69, 9.17) is 10.8 Å². The highest BCUT2D eigenvalue weighted by Crippen LogP contribution is 2.19. The molecule has 1 aromatic heterocycles. The molecule has 3 rings (SSSR count). The standard InChI is InChI=1S/C23H26N4O5/c24-17(13-28)21(29)26-19(10-14-6-2-1-3-7-14)22(30)27-20(23(31)32)11-15-12-25-18-9-5-4-8-16(15)18/h1-9,12,17,19-20,25,28H,10-11,13,24H2,(H,26,29)(H,27,30)(H,31,32)/t17-,19-,20-/m0/s1. The van der Waals surface area contributed by atoms with Crippen LogP contribution < -0.4 is 16.4 Å². The molecular formula is C23H26N4O5. The molecule has 2 aromatic carbocycles. The Morgan fingerprint density at radius 1 is 0.906 bits per heavy atom. The lowest BCUT2D eigenvalue weighted by molar-refractivity contribution is -0.142. The second-order valence-electron chi connectivity index (χ2n) is 7.50. The monoisotopic (exact) mass is 438 g/mol. The van der Waals surface area contributed by atoms with Crippen molar-refractivity contribution < 1.29 is 24.6 Å². The van der Waals surface area contributed by atoms with Gasteiger partial charge in [-0.05, 0) is 17.2 Å². The molecule has 0 bridgehead atoms. The third kappa shape index (κ3) is 5.71. The smallest absolute Gasteiger partial charge is 0.326 e. The number of hydrogen-bond donors (Lipinski definition) is 6. The van der Waals surface area contributed by atoms with E-state index >= 15 is 0 Å². The van der Waals surface area contributed by atoms with Crippen molar-refractivity contribution >= 4 is 28.7 Å². The number of nitrogens with two attached hydrogens (primary N) is 1. The van der Waals surface area contributed by atoms with Gasteiger partial charge in [-0.2, -0.15) is 0 Å². The zero-order valence-corrected chi connectivity index (χ0v) is 17.3. The lowest BCUT2D eigenvalue weighted by Gasteiger charge is -2.22. The fraction of sp³-hybridized carbons (Fsp3) is 0.261. The fourth-order valence-corrected chi connectivity index (χ4v) is 3.41. The van der Waals surface area contributed by atoms with E-state index in [9.17, 15) is 19.5 Å². The molecule has 7 N–H and O–H groups in total. The maximum Gasteiger partial charge on any atom is 0.326 e. The Labute approximate surface area is 184 Å². The molecule has 2 amide bonds. The van der Waals surface area contributed by atoms with Crippen molar-refractivity contribution in [3.05, 3.63) is 71.9 Å². The van der Waals surface area contributed by atoms with E-state index in [1.165, 1.54) is 0 Å². The minimum atomic E-state index is -1.21. The third-order valence-corrected chi connectivity index (χ3v) is 5.16. The van der Waals surface area contributed by atoms with Crippen LogP contribution in [0.15, 0.2) is 60.8 Å². The Morgan fingerprint density at radius 3 is 2.25 bits per heavy atom. The number of aliphatic hydroxyl groups is 1. The lowest BCUT2D eigenvalue weighted by Crippen LogP contribution is -2.56. The lowest BCUT2D eigenvalue weighted by atomic mass is 10.0. The quantitative estimate of drug-likeness (QED) is 0.268. The molecule has 3 atom stereocenters. The Balaban J connectivity index is 1.78. The molecule has 0 fully saturated rings. The van der Waals surface area contributed by atoms with Crippen LogP contribution in [0.3, 0.4) is 0 Å². The number of aromatic amines is 1. The number of para-hydroxylation sites is 1. The summed E-state index contributed by atoms with van der Waals surface area (Å²) < 4.78 is 0. The van der Waals surface area contributed by atoms with Crippen LogP contribution >= 0.6 is 0 Å². The average Bonchev–Trinajstić information content (AvgIpc) is 3.21. The Morgan fingerprint density at radius 2 is 1.56 bits per heavy atom. The largest absolute Gasteiger partial charge is 0.480 e. The Bertz CT molecular complexity index is 1080. The van der Waals surface area contributed by atoms with E-state index in [1.54, 1.807) is 30.5 Å². The number of rotatable bonds is 10. The minimum absolute atomic E-state index is 0.0627. The van der Waals surface area contributed by atoms with E-state index in [0.717, 1.165) is 22.0 Å². The highest BCUT2D eigenvalue weighted by Gasteiger charge is 2.28. The number of amides is 2. The van der Waals surface area contributed by atoms with E-state index in [1.807, 2.05) is 30.3 Å². The topological polar surface area (TPSA) is 158 Å². The number of carbonyl (C=O) groups excluding carboxylic acids is 2. The number of aliphatic hydroxyl groups excluding tert-OH is 1. The van der Waals surface area contributed by atoms with Crippen LogP contribution in [0.2, 0.25) is 0 Å². The van der Waals surface area contributed by atoms with Crippen LogP contribution in [0.25, 0.3) is 10.9 Å². The van der Waals surface area contributed by atoms with Crippen molar-refractivity contribution in [2.24, 2.45) is 5.73 Å². The van der Waals surface area contributed by atoms with Gasteiger partial charge in [0.2, 0.25) is 11.8 Å². The van der Waals surface area contributed by atoms with Gasteiger partial charge in [0, 0.05) is 29.9 Å². The molecule has 1 heterocycles. The second kappa shape index (κ2) is 10.6. The predicted molar refractivity (Wildman–Crippen MR) is 119 cm³/mol. The molecule has 0 aliphatic heterocycles. The zero-order chi connectivity index (χ0) is 23.1. The second-order valence-corrected chi connectivity index (χ2v) is 7.50. The number of hydrogen-bond acceptors (Lipinski definition) is 5. The molecule has 0 saturated heterocycles. The maximum atomic E-state index is 13.0. The van der Waals surface area contributed by atoms with Gasteiger partial charge in [-0.25, -0.2) is 4.79 Å².